The lowest BCUT2D eigenvalue weighted by Crippen LogP contribution is -2.26. The first-order valence-corrected chi connectivity index (χ1v) is 6.95. The highest BCUT2D eigenvalue weighted by atomic mass is 16.1. The topological polar surface area (TPSA) is 17.1 Å². The van der Waals surface area contributed by atoms with E-state index in [2.05, 4.69) is 13.0 Å². The zero-order chi connectivity index (χ0) is 11.1. The van der Waals surface area contributed by atoms with Gasteiger partial charge in [0, 0.05) is 12.3 Å². The molecule has 0 amide bonds. The molecule has 3 aliphatic carbocycles. The van der Waals surface area contributed by atoms with Crippen molar-refractivity contribution in [1.29, 1.82) is 0 Å². The van der Waals surface area contributed by atoms with E-state index in [0.717, 1.165) is 31.1 Å². The number of Topliss-reactive ketones (excluding diaryl/α,β-unsaturated/α-hetero) is 1. The molecule has 1 heteroatoms. The average molecular weight is 218 g/mol. The molecule has 1 nitrogen and oxygen atoms in total. The molecule has 3 aliphatic rings. The van der Waals surface area contributed by atoms with Crippen molar-refractivity contribution in [3.05, 3.63) is 11.6 Å². The molecule has 2 unspecified atom stereocenters. The van der Waals surface area contributed by atoms with Crippen molar-refractivity contribution in [2.24, 2.45) is 23.7 Å². The third-order valence-corrected chi connectivity index (χ3v) is 5.26. The Bertz CT molecular complexity index is 328. The summed E-state index contributed by atoms with van der Waals surface area (Å²) < 4.78 is 0. The van der Waals surface area contributed by atoms with E-state index in [0.29, 0.717) is 17.6 Å². The summed E-state index contributed by atoms with van der Waals surface area (Å²) in [4.78, 5) is 12.3. The second kappa shape index (κ2) is 4.01. The summed E-state index contributed by atoms with van der Waals surface area (Å²) in [6.07, 6.45) is 10.9. The number of carbonyl (C=O) groups excluding carboxylic acids is 1. The summed E-state index contributed by atoms with van der Waals surface area (Å²) in [6.45, 7) is 2.25. The van der Waals surface area contributed by atoms with Gasteiger partial charge in [-0.05, 0) is 50.4 Å². The van der Waals surface area contributed by atoms with Crippen LogP contribution >= 0.6 is 0 Å². The number of carbonyl (C=O) groups is 1. The first-order valence-electron chi connectivity index (χ1n) is 6.95. The maximum atomic E-state index is 12.3. The van der Waals surface area contributed by atoms with Gasteiger partial charge in [-0.2, -0.15) is 0 Å². The van der Waals surface area contributed by atoms with Gasteiger partial charge in [0.15, 0.2) is 0 Å². The van der Waals surface area contributed by atoms with E-state index < -0.39 is 0 Å². The van der Waals surface area contributed by atoms with E-state index in [9.17, 15) is 4.79 Å². The number of rotatable bonds is 0. The van der Waals surface area contributed by atoms with E-state index in [1.807, 2.05) is 0 Å². The van der Waals surface area contributed by atoms with E-state index in [1.54, 1.807) is 0 Å². The molecule has 16 heavy (non-hydrogen) atoms. The van der Waals surface area contributed by atoms with E-state index in [1.165, 1.54) is 31.3 Å². The van der Waals surface area contributed by atoms with Crippen LogP contribution < -0.4 is 0 Å². The molecule has 0 N–H and O–H groups in total. The van der Waals surface area contributed by atoms with Crippen LogP contribution in [0.25, 0.3) is 0 Å². The lowest BCUT2D eigenvalue weighted by Gasteiger charge is -2.30. The number of allylic oxidation sites excluding steroid dienone is 2. The molecule has 2 fully saturated rings. The van der Waals surface area contributed by atoms with Crippen molar-refractivity contribution in [3.8, 4) is 0 Å². The third-order valence-electron chi connectivity index (χ3n) is 5.26. The average Bonchev–Trinajstić information content (AvgIpc) is 2.63. The SMILES string of the molecule is CC1=CCCC2C(=O)C[C@H]3CCC[C@@H]3CC12. The Kier molecular flexibility index (Phi) is 2.65. The van der Waals surface area contributed by atoms with Gasteiger partial charge in [-0.1, -0.05) is 24.5 Å². The summed E-state index contributed by atoms with van der Waals surface area (Å²) in [7, 11) is 0. The van der Waals surface area contributed by atoms with Gasteiger partial charge in [0.05, 0.1) is 0 Å². The van der Waals surface area contributed by atoms with Crippen LogP contribution in [0.15, 0.2) is 11.6 Å². The van der Waals surface area contributed by atoms with Crippen molar-refractivity contribution in [2.45, 2.75) is 51.9 Å². The Labute approximate surface area is 98.3 Å². The van der Waals surface area contributed by atoms with Gasteiger partial charge in [0.25, 0.3) is 0 Å². The van der Waals surface area contributed by atoms with Gasteiger partial charge in [0.1, 0.15) is 5.78 Å². The molecule has 0 heterocycles. The zero-order valence-electron chi connectivity index (χ0n) is 10.2. The first-order chi connectivity index (χ1) is 7.75. The molecule has 0 bridgehead atoms. The summed E-state index contributed by atoms with van der Waals surface area (Å²) >= 11 is 0. The number of hydrogen-bond acceptors (Lipinski definition) is 1. The minimum absolute atomic E-state index is 0.385. The van der Waals surface area contributed by atoms with Crippen molar-refractivity contribution < 1.29 is 4.79 Å². The highest BCUT2D eigenvalue weighted by Crippen LogP contribution is 2.47. The van der Waals surface area contributed by atoms with Gasteiger partial charge in [-0.25, -0.2) is 0 Å². The predicted octanol–water partition coefficient (Wildman–Crippen LogP) is 3.74. The number of ketones is 1. The minimum Gasteiger partial charge on any atom is -0.299 e. The van der Waals surface area contributed by atoms with Gasteiger partial charge < -0.3 is 0 Å². The minimum atomic E-state index is 0.385. The van der Waals surface area contributed by atoms with E-state index in [-0.39, 0.29) is 0 Å². The standard InChI is InChI=1S/C15H22O/c1-10-4-2-7-13-14(10)8-11-5-3-6-12(11)9-15(13)16/h4,11-14H,2-3,5-9H2,1H3/t11-,12-,13?,14?/m1/s1. The maximum Gasteiger partial charge on any atom is 0.136 e. The Morgan fingerprint density at radius 1 is 1.12 bits per heavy atom. The van der Waals surface area contributed by atoms with Crippen LogP contribution in [-0.2, 0) is 4.79 Å². The second-order valence-corrected chi connectivity index (χ2v) is 6.10. The van der Waals surface area contributed by atoms with Crippen LogP contribution in [0.2, 0.25) is 0 Å². The smallest absolute Gasteiger partial charge is 0.136 e. The first kappa shape index (κ1) is 10.6. The molecule has 0 aromatic carbocycles. The number of hydrogen-bond donors (Lipinski definition) is 0. The summed E-state index contributed by atoms with van der Waals surface area (Å²) in [5, 5.41) is 0. The molecule has 0 aromatic heterocycles. The monoisotopic (exact) mass is 218 g/mol. The largest absolute Gasteiger partial charge is 0.299 e. The number of fused-ring (bicyclic) bond motifs is 2. The fourth-order valence-corrected chi connectivity index (χ4v) is 4.32. The molecule has 0 spiro atoms. The van der Waals surface area contributed by atoms with Crippen LogP contribution in [0.3, 0.4) is 0 Å². The Hall–Kier alpha value is -0.590. The Morgan fingerprint density at radius 2 is 1.94 bits per heavy atom. The molecule has 2 saturated carbocycles. The van der Waals surface area contributed by atoms with Gasteiger partial charge in [-0.15, -0.1) is 0 Å². The molecular weight excluding hydrogens is 196 g/mol. The van der Waals surface area contributed by atoms with E-state index in [4.69, 9.17) is 0 Å². The van der Waals surface area contributed by atoms with Crippen molar-refractivity contribution in [2.75, 3.05) is 0 Å². The molecule has 4 atom stereocenters. The normalized spacial score (nSPS) is 43.3. The van der Waals surface area contributed by atoms with Crippen LogP contribution in [0.1, 0.15) is 51.9 Å². The van der Waals surface area contributed by atoms with Gasteiger partial charge >= 0.3 is 0 Å². The van der Waals surface area contributed by atoms with Crippen LogP contribution in [0.5, 0.6) is 0 Å². The fourth-order valence-electron chi connectivity index (χ4n) is 4.32. The van der Waals surface area contributed by atoms with Crippen molar-refractivity contribution in [1.82, 2.24) is 0 Å². The summed E-state index contributed by atoms with van der Waals surface area (Å²) in [6, 6.07) is 0. The van der Waals surface area contributed by atoms with Gasteiger partial charge in [0.2, 0.25) is 0 Å². The summed E-state index contributed by atoms with van der Waals surface area (Å²) in [5.74, 6) is 3.18. The molecule has 3 rings (SSSR count). The Morgan fingerprint density at radius 3 is 2.81 bits per heavy atom. The predicted molar refractivity (Wildman–Crippen MR) is 65.0 cm³/mol. The molecule has 0 aromatic rings. The third kappa shape index (κ3) is 1.65. The second-order valence-electron chi connectivity index (χ2n) is 6.10. The lowest BCUT2D eigenvalue weighted by atomic mass is 9.74. The van der Waals surface area contributed by atoms with Crippen molar-refractivity contribution >= 4 is 5.78 Å². The van der Waals surface area contributed by atoms with Crippen LogP contribution in [0.4, 0.5) is 0 Å². The zero-order valence-corrected chi connectivity index (χ0v) is 10.2. The van der Waals surface area contributed by atoms with Crippen LogP contribution in [0, 0.1) is 23.7 Å². The summed E-state index contributed by atoms with van der Waals surface area (Å²) in [5.41, 5.74) is 1.51. The quantitative estimate of drug-likeness (QED) is 0.566. The highest BCUT2D eigenvalue weighted by molar-refractivity contribution is 5.82. The highest BCUT2D eigenvalue weighted by Gasteiger charge is 2.41. The lowest BCUT2D eigenvalue weighted by molar-refractivity contribution is -0.124. The fraction of sp³-hybridized carbons (Fsp3) is 0.800. The molecule has 0 radical (unpaired) electrons. The van der Waals surface area contributed by atoms with Gasteiger partial charge in [-0.3, -0.25) is 4.79 Å². The molecule has 0 saturated heterocycles. The maximum absolute atomic E-state index is 12.3. The van der Waals surface area contributed by atoms with Crippen molar-refractivity contribution in [3.63, 3.8) is 0 Å². The van der Waals surface area contributed by atoms with E-state index >= 15 is 0 Å². The molecule has 0 aliphatic heterocycles. The molecule has 88 valence electrons. The van der Waals surface area contributed by atoms with Crippen LogP contribution in [-0.4, -0.2) is 5.78 Å². The molecular formula is C15H22O. The Balaban J connectivity index is 1.88.